The number of ether oxygens (including phenoxy) is 2. The smallest absolute Gasteiger partial charge is 0.324 e. The standard InChI is InChI=1S/C23H28O2S.C7H7NO3S/c1-5-7-17-24-21-15-13-20(14-16-21)19(4)23(26-18(3)6-2)25-22-11-9-8-10-12-22;1-2-5(9)6-3-4-7(12-6)8(10)11/h6,8-16H,5,7,17H2,1-4H3;3-4H,2H2,1H3/b18-6-,23-19+;. The second-order valence-electron chi connectivity index (χ2n) is 8.23. The lowest BCUT2D eigenvalue weighted by molar-refractivity contribution is -0.380. The molecule has 0 bridgehead atoms. The quantitative estimate of drug-likeness (QED) is 0.0730. The van der Waals surface area contributed by atoms with Crippen molar-refractivity contribution in [2.45, 2.75) is 53.9 Å². The molecule has 6 nitrogen and oxygen atoms in total. The number of thioether (sulfide) groups is 1. The molecule has 0 N–H and O–H groups in total. The monoisotopic (exact) mass is 553 g/mol. The molecular formula is C30H35NO5S2. The molecule has 38 heavy (non-hydrogen) atoms. The number of thiophene rings is 1. The van der Waals surface area contributed by atoms with Crippen molar-refractivity contribution in [3.63, 3.8) is 0 Å². The van der Waals surface area contributed by atoms with Gasteiger partial charge in [-0.1, -0.05) is 79.8 Å². The van der Waals surface area contributed by atoms with Gasteiger partial charge in [0, 0.05) is 18.1 Å². The lowest BCUT2D eigenvalue weighted by Gasteiger charge is -2.14. The molecule has 0 radical (unpaired) electrons. The summed E-state index contributed by atoms with van der Waals surface area (Å²) >= 11 is 2.58. The number of unbranched alkanes of at least 4 members (excludes halogenated alkanes) is 1. The maximum Gasteiger partial charge on any atom is 0.324 e. The Kier molecular flexibility index (Phi) is 13.4. The van der Waals surface area contributed by atoms with E-state index in [1.165, 1.54) is 17.0 Å². The van der Waals surface area contributed by atoms with Gasteiger partial charge in [-0.25, -0.2) is 0 Å². The van der Waals surface area contributed by atoms with E-state index in [4.69, 9.17) is 9.47 Å². The Morgan fingerprint density at radius 2 is 1.68 bits per heavy atom. The first-order chi connectivity index (χ1) is 18.3. The van der Waals surface area contributed by atoms with Gasteiger partial charge in [0.05, 0.1) is 16.4 Å². The van der Waals surface area contributed by atoms with Crippen molar-refractivity contribution in [2.24, 2.45) is 0 Å². The normalized spacial score (nSPS) is 11.7. The van der Waals surface area contributed by atoms with Gasteiger partial charge in [-0.05, 0) is 68.0 Å². The average molecular weight is 554 g/mol. The van der Waals surface area contributed by atoms with Gasteiger partial charge in [0.1, 0.15) is 11.5 Å². The highest BCUT2D eigenvalue weighted by atomic mass is 32.2. The minimum atomic E-state index is -0.489. The van der Waals surface area contributed by atoms with Crippen molar-refractivity contribution in [3.05, 3.63) is 103 Å². The lowest BCUT2D eigenvalue weighted by Crippen LogP contribution is -1.98. The highest BCUT2D eigenvalue weighted by molar-refractivity contribution is 8.06. The molecule has 0 spiro atoms. The van der Waals surface area contributed by atoms with Gasteiger partial charge in [0.2, 0.25) is 0 Å². The number of hydrogen-bond acceptors (Lipinski definition) is 7. The zero-order valence-electron chi connectivity index (χ0n) is 22.6. The highest BCUT2D eigenvalue weighted by Gasteiger charge is 2.13. The van der Waals surface area contributed by atoms with E-state index in [1.807, 2.05) is 49.4 Å². The molecule has 0 aliphatic carbocycles. The third-order valence-corrected chi connectivity index (χ3v) is 7.55. The zero-order chi connectivity index (χ0) is 27.9. The summed E-state index contributed by atoms with van der Waals surface area (Å²) in [5, 5.41) is 11.1. The molecule has 0 fully saturated rings. The van der Waals surface area contributed by atoms with Crippen LogP contribution >= 0.6 is 23.1 Å². The van der Waals surface area contributed by atoms with Crippen LogP contribution < -0.4 is 9.47 Å². The number of Topliss-reactive ketones (excluding diaryl/α,β-unsaturated/α-hetero) is 1. The fourth-order valence-corrected chi connectivity index (χ4v) is 4.63. The van der Waals surface area contributed by atoms with E-state index < -0.39 is 4.92 Å². The minimum Gasteiger partial charge on any atom is -0.494 e. The fraction of sp³-hybridized carbons (Fsp3) is 0.300. The molecule has 1 heterocycles. The summed E-state index contributed by atoms with van der Waals surface area (Å²) in [6.07, 6.45) is 4.70. The highest BCUT2D eigenvalue weighted by Crippen LogP contribution is 2.34. The SMILES string of the molecule is C/C=C(/C)S/C(Oc1ccccc1)=C(\C)c1ccc(OCCCC)cc1.CCC(=O)c1ccc([N+](=O)[O-])s1. The number of nitro groups is 1. The Morgan fingerprint density at radius 3 is 2.24 bits per heavy atom. The number of carbonyl (C=O) groups is 1. The number of ketones is 1. The first kappa shape index (κ1) is 30.9. The van der Waals surface area contributed by atoms with Crippen LogP contribution in [0.15, 0.2) is 82.8 Å². The molecule has 1 aromatic heterocycles. The summed E-state index contributed by atoms with van der Waals surface area (Å²) in [4.78, 5) is 22.4. The van der Waals surface area contributed by atoms with Gasteiger partial charge in [0.25, 0.3) is 0 Å². The van der Waals surface area contributed by atoms with Crippen LogP contribution in [-0.2, 0) is 0 Å². The number of rotatable bonds is 12. The molecule has 3 aromatic rings. The van der Waals surface area contributed by atoms with Gasteiger partial charge in [-0.3, -0.25) is 14.9 Å². The Balaban J connectivity index is 0.000000352. The van der Waals surface area contributed by atoms with E-state index in [0.717, 1.165) is 58.5 Å². The van der Waals surface area contributed by atoms with E-state index in [-0.39, 0.29) is 10.8 Å². The van der Waals surface area contributed by atoms with Crippen molar-refractivity contribution in [3.8, 4) is 11.5 Å². The second kappa shape index (κ2) is 16.5. The van der Waals surface area contributed by atoms with Crippen LogP contribution in [0.1, 0.15) is 69.1 Å². The molecule has 0 amide bonds. The molecule has 0 aliphatic heterocycles. The molecule has 0 saturated carbocycles. The number of carbonyl (C=O) groups excluding carboxylic acids is 1. The molecule has 0 unspecified atom stereocenters. The van der Waals surface area contributed by atoms with Crippen molar-refractivity contribution < 1.29 is 19.2 Å². The second-order valence-corrected chi connectivity index (χ2v) is 10.5. The molecule has 202 valence electrons. The van der Waals surface area contributed by atoms with Gasteiger partial charge in [-0.2, -0.15) is 0 Å². The van der Waals surface area contributed by atoms with Crippen molar-refractivity contribution in [1.29, 1.82) is 0 Å². The third-order valence-electron chi connectivity index (χ3n) is 5.34. The van der Waals surface area contributed by atoms with Gasteiger partial charge >= 0.3 is 5.00 Å². The van der Waals surface area contributed by atoms with Crippen LogP contribution in [-0.4, -0.2) is 17.3 Å². The molecule has 3 rings (SSSR count). The van der Waals surface area contributed by atoms with Crippen LogP contribution in [0.3, 0.4) is 0 Å². The number of allylic oxidation sites excluding steroid dienone is 3. The molecule has 0 saturated heterocycles. The molecule has 8 heteroatoms. The minimum absolute atomic E-state index is 0.0202. The first-order valence-corrected chi connectivity index (χ1v) is 14.2. The van der Waals surface area contributed by atoms with Crippen LogP contribution in [0, 0.1) is 10.1 Å². The number of benzene rings is 2. The number of para-hydroxylation sites is 1. The topological polar surface area (TPSA) is 78.7 Å². The summed E-state index contributed by atoms with van der Waals surface area (Å²) in [5.41, 5.74) is 2.25. The Labute approximate surface area is 233 Å². The number of nitrogens with zero attached hydrogens (tertiary/aromatic N) is 1. The van der Waals surface area contributed by atoms with E-state index in [1.54, 1.807) is 18.7 Å². The van der Waals surface area contributed by atoms with Gasteiger partial charge < -0.3 is 9.47 Å². The van der Waals surface area contributed by atoms with E-state index in [9.17, 15) is 14.9 Å². The zero-order valence-corrected chi connectivity index (χ0v) is 24.2. The van der Waals surface area contributed by atoms with Crippen LogP contribution in [0.5, 0.6) is 11.5 Å². The molecule has 0 aliphatic rings. The van der Waals surface area contributed by atoms with Crippen molar-refractivity contribution >= 4 is 39.5 Å². The largest absolute Gasteiger partial charge is 0.494 e. The summed E-state index contributed by atoms with van der Waals surface area (Å²) in [6.45, 7) is 10.9. The predicted molar refractivity (Wildman–Crippen MR) is 159 cm³/mol. The van der Waals surface area contributed by atoms with Crippen molar-refractivity contribution in [1.82, 2.24) is 0 Å². The maximum atomic E-state index is 11.0. The molecule has 0 atom stereocenters. The van der Waals surface area contributed by atoms with Crippen LogP contribution in [0.25, 0.3) is 5.57 Å². The van der Waals surface area contributed by atoms with Gasteiger partial charge in [-0.15, -0.1) is 0 Å². The maximum absolute atomic E-state index is 11.0. The predicted octanol–water partition coefficient (Wildman–Crippen LogP) is 9.54. The Morgan fingerprint density at radius 1 is 1.00 bits per heavy atom. The summed E-state index contributed by atoms with van der Waals surface area (Å²) in [6, 6.07) is 21.0. The molecular weight excluding hydrogens is 518 g/mol. The van der Waals surface area contributed by atoms with Crippen molar-refractivity contribution in [2.75, 3.05) is 6.61 Å². The summed E-state index contributed by atoms with van der Waals surface area (Å²) in [5.74, 6) is 1.71. The average Bonchev–Trinajstić information content (AvgIpc) is 3.44. The van der Waals surface area contributed by atoms with E-state index in [0.29, 0.717) is 11.3 Å². The number of hydrogen-bond donors (Lipinski definition) is 0. The van der Waals surface area contributed by atoms with E-state index in [2.05, 4.69) is 39.0 Å². The fourth-order valence-electron chi connectivity index (χ4n) is 2.98. The molecule has 2 aromatic carbocycles. The summed E-state index contributed by atoms with van der Waals surface area (Å²) < 4.78 is 11.9. The van der Waals surface area contributed by atoms with Gasteiger partial charge in [0.15, 0.2) is 10.9 Å². The third kappa shape index (κ3) is 10.2. The lowest BCUT2D eigenvalue weighted by atomic mass is 10.1. The Bertz CT molecular complexity index is 1230. The summed E-state index contributed by atoms with van der Waals surface area (Å²) in [7, 11) is 0. The first-order valence-electron chi connectivity index (χ1n) is 12.5. The van der Waals surface area contributed by atoms with Crippen LogP contribution in [0.4, 0.5) is 5.00 Å². The Hall–Kier alpha value is -3.36. The van der Waals surface area contributed by atoms with E-state index >= 15 is 0 Å². The van der Waals surface area contributed by atoms with Crippen LogP contribution in [0.2, 0.25) is 0 Å².